The molecule has 1 saturated carbocycles. The van der Waals surface area contributed by atoms with E-state index in [0.29, 0.717) is 18.6 Å². The highest BCUT2D eigenvalue weighted by molar-refractivity contribution is 7.89. The summed E-state index contributed by atoms with van der Waals surface area (Å²) in [4.78, 5) is 12.8. The van der Waals surface area contributed by atoms with E-state index >= 15 is 0 Å². The molecule has 1 fully saturated rings. The number of carbonyl (C=O) groups is 1. The molecule has 198 valence electrons. The Bertz CT molecular complexity index is 1260. The SMILES string of the molecule is COc1ccc(S(=O)(=O)N(CC(=O)NCCNS(=O)(=O)c2ccc(C)cc2)C2CCCCC2)cc1Cl. The van der Waals surface area contributed by atoms with Crippen molar-refractivity contribution >= 4 is 37.6 Å². The van der Waals surface area contributed by atoms with Gasteiger partial charge < -0.3 is 10.1 Å². The second-order valence-electron chi connectivity index (χ2n) is 8.70. The minimum atomic E-state index is -4.02. The van der Waals surface area contributed by atoms with E-state index < -0.39 is 26.0 Å². The molecule has 0 saturated heterocycles. The molecule has 0 atom stereocenters. The third kappa shape index (κ3) is 7.19. The molecule has 2 N–H and O–H groups in total. The summed E-state index contributed by atoms with van der Waals surface area (Å²) in [6.07, 6.45) is 4.09. The predicted molar refractivity (Wildman–Crippen MR) is 138 cm³/mol. The number of sulfonamides is 2. The van der Waals surface area contributed by atoms with Crippen molar-refractivity contribution < 1.29 is 26.4 Å². The van der Waals surface area contributed by atoms with Crippen LogP contribution in [0.4, 0.5) is 0 Å². The highest BCUT2D eigenvalue weighted by Crippen LogP contribution is 2.31. The fraction of sp³-hybridized carbons (Fsp3) is 0.458. The molecular formula is C24H32ClN3O6S2. The van der Waals surface area contributed by atoms with E-state index in [9.17, 15) is 21.6 Å². The van der Waals surface area contributed by atoms with Gasteiger partial charge in [0.25, 0.3) is 0 Å². The molecule has 1 aliphatic rings. The van der Waals surface area contributed by atoms with Crippen molar-refractivity contribution in [2.75, 3.05) is 26.7 Å². The Morgan fingerprint density at radius 3 is 2.25 bits per heavy atom. The van der Waals surface area contributed by atoms with Gasteiger partial charge in [-0.15, -0.1) is 0 Å². The van der Waals surface area contributed by atoms with Crippen molar-refractivity contribution in [1.82, 2.24) is 14.3 Å². The normalized spacial score (nSPS) is 15.1. The maximum atomic E-state index is 13.5. The van der Waals surface area contributed by atoms with Crippen LogP contribution in [-0.4, -0.2) is 59.8 Å². The number of hydrogen-bond donors (Lipinski definition) is 2. The van der Waals surface area contributed by atoms with Gasteiger partial charge in [0.05, 0.1) is 28.5 Å². The van der Waals surface area contributed by atoms with Crippen molar-refractivity contribution in [1.29, 1.82) is 0 Å². The molecule has 2 aromatic rings. The number of benzene rings is 2. The zero-order valence-electron chi connectivity index (χ0n) is 20.4. The van der Waals surface area contributed by atoms with Gasteiger partial charge in [0, 0.05) is 19.1 Å². The van der Waals surface area contributed by atoms with Gasteiger partial charge in [-0.2, -0.15) is 4.31 Å². The standard InChI is InChI=1S/C24H32ClN3O6S2/c1-18-8-10-20(11-9-18)35(30,31)27-15-14-26-24(29)17-28(19-6-4-3-5-7-19)36(32,33)21-12-13-23(34-2)22(25)16-21/h8-13,16,19,27H,3-7,14-15,17H2,1-2H3,(H,26,29). The second-order valence-corrected chi connectivity index (χ2v) is 12.8. The average Bonchev–Trinajstić information content (AvgIpc) is 2.86. The first kappa shape index (κ1) is 28.4. The third-order valence-corrected chi connectivity index (χ3v) is 9.75. The number of amides is 1. The number of methoxy groups -OCH3 is 1. The molecule has 3 rings (SSSR count). The van der Waals surface area contributed by atoms with Crippen LogP contribution in [0.2, 0.25) is 5.02 Å². The van der Waals surface area contributed by atoms with Gasteiger partial charge in [-0.3, -0.25) is 4.79 Å². The van der Waals surface area contributed by atoms with Gasteiger partial charge >= 0.3 is 0 Å². The Labute approximate surface area is 218 Å². The summed E-state index contributed by atoms with van der Waals surface area (Å²) >= 11 is 6.16. The van der Waals surface area contributed by atoms with Crippen LogP contribution in [-0.2, 0) is 24.8 Å². The Morgan fingerprint density at radius 2 is 1.64 bits per heavy atom. The number of ether oxygens (including phenoxy) is 1. The van der Waals surface area contributed by atoms with Crippen LogP contribution in [0.3, 0.4) is 0 Å². The summed E-state index contributed by atoms with van der Waals surface area (Å²) in [7, 11) is -6.29. The lowest BCUT2D eigenvalue weighted by molar-refractivity contribution is -0.121. The molecule has 0 heterocycles. The van der Waals surface area contributed by atoms with Crippen molar-refractivity contribution in [2.45, 2.75) is 54.9 Å². The lowest BCUT2D eigenvalue weighted by Gasteiger charge is -2.33. The van der Waals surface area contributed by atoms with E-state index in [-0.39, 0.29) is 40.5 Å². The number of nitrogens with zero attached hydrogens (tertiary/aromatic N) is 1. The van der Waals surface area contributed by atoms with Crippen LogP contribution in [0.5, 0.6) is 5.75 Å². The fourth-order valence-electron chi connectivity index (χ4n) is 4.11. The monoisotopic (exact) mass is 557 g/mol. The molecule has 0 spiro atoms. The summed E-state index contributed by atoms with van der Waals surface area (Å²) in [6.45, 7) is 1.46. The number of aryl methyl sites for hydroxylation is 1. The van der Waals surface area contributed by atoms with Crippen LogP contribution >= 0.6 is 11.6 Å². The predicted octanol–water partition coefficient (Wildman–Crippen LogP) is 3.08. The van der Waals surface area contributed by atoms with Crippen molar-refractivity contribution in [3.8, 4) is 5.75 Å². The quantitative estimate of drug-likeness (QED) is 0.409. The largest absolute Gasteiger partial charge is 0.495 e. The Kier molecular flexibility index (Phi) is 9.76. The molecule has 9 nitrogen and oxygen atoms in total. The minimum Gasteiger partial charge on any atom is -0.495 e. The molecular weight excluding hydrogens is 526 g/mol. The summed E-state index contributed by atoms with van der Waals surface area (Å²) in [6, 6.07) is 10.3. The Hall–Kier alpha value is -2.18. The van der Waals surface area contributed by atoms with E-state index in [4.69, 9.17) is 16.3 Å². The molecule has 12 heteroatoms. The van der Waals surface area contributed by atoms with E-state index in [2.05, 4.69) is 10.0 Å². The highest BCUT2D eigenvalue weighted by atomic mass is 35.5. The molecule has 0 radical (unpaired) electrons. The zero-order chi connectivity index (χ0) is 26.3. The zero-order valence-corrected chi connectivity index (χ0v) is 22.8. The lowest BCUT2D eigenvalue weighted by Crippen LogP contribution is -2.47. The number of nitrogens with one attached hydrogen (secondary N) is 2. The smallest absolute Gasteiger partial charge is 0.243 e. The third-order valence-electron chi connectivity index (χ3n) is 6.08. The molecule has 1 aliphatic carbocycles. The van der Waals surface area contributed by atoms with E-state index in [1.807, 2.05) is 6.92 Å². The van der Waals surface area contributed by atoms with Gasteiger partial charge in [0.15, 0.2) is 0 Å². The van der Waals surface area contributed by atoms with Crippen LogP contribution in [0, 0.1) is 6.92 Å². The maximum Gasteiger partial charge on any atom is 0.243 e. The van der Waals surface area contributed by atoms with Crippen molar-refractivity contribution in [3.05, 3.63) is 53.1 Å². The molecule has 2 aromatic carbocycles. The number of rotatable bonds is 11. The summed E-state index contributed by atoms with van der Waals surface area (Å²) in [5, 5.41) is 2.78. The first-order valence-corrected chi connectivity index (χ1v) is 15.0. The Morgan fingerprint density at radius 1 is 1.00 bits per heavy atom. The fourth-order valence-corrected chi connectivity index (χ4v) is 7.13. The molecule has 0 bridgehead atoms. The van der Waals surface area contributed by atoms with Crippen molar-refractivity contribution in [2.24, 2.45) is 0 Å². The number of halogens is 1. The molecule has 0 unspecified atom stereocenters. The van der Waals surface area contributed by atoms with Crippen LogP contribution in [0.1, 0.15) is 37.7 Å². The van der Waals surface area contributed by atoms with Crippen LogP contribution in [0.15, 0.2) is 52.3 Å². The number of hydrogen-bond acceptors (Lipinski definition) is 6. The van der Waals surface area contributed by atoms with Gasteiger partial charge in [0.2, 0.25) is 26.0 Å². The first-order chi connectivity index (χ1) is 17.0. The minimum absolute atomic E-state index is 0.0108. The molecule has 1 amide bonds. The second kappa shape index (κ2) is 12.4. The molecule has 0 aliphatic heterocycles. The Balaban J connectivity index is 1.66. The average molecular weight is 558 g/mol. The summed E-state index contributed by atoms with van der Waals surface area (Å²) < 4.78 is 60.6. The highest BCUT2D eigenvalue weighted by Gasteiger charge is 2.34. The summed E-state index contributed by atoms with van der Waals surface area (Å²) in [5.74, 6) is -0.163. The van der Waals surface area contributed by atoms with Crippen LogP contribution < -0.4 is 14.8 Å². The van der Waals surface area contributed by atoms with E-state index in [0.717, 1.165) is 24.8 Å². The number of carbonyl (C=O) groups excluding carboxylic acids is 1. The van der Waals surface area contributed by atoms with Crippen molar-refractivity contribution in [3.63, 3.8) is 0 Å². The van der Waals surface area contributed by atoms with Gasteiger partial charge in [-0.25, -0.2) is 21.6 Å². The van der Waals surface area contributed by atoms with Gasteiger partial charge in [-0.1, -0.05) is 48.6 Å². The van der Waals surface area contributed by atoms with Gasteiger partial charge in [0.1, 0.15) is 5.75 Å². The first-order valence-electron chi connectivity index (χ1n) is 11.7. The molecule has 36 heavy (non-hydrogen) atoms. The van der Waals surface area contributed by atoms with Gasteiger partial charge in [-0.05, 0) is 50.1 Å². The molecule has 0 aromatic heterocycles. The van der Waals surface area contributed by atoms with E-state index in [1.54, 1.807) is 12.1 Å². The van der Waals surface area contributed by atoms with E-state index in [1.165, 1.54) is 41.7 Å². The maximum absolute atomic E-state index is 13.5. The topological polar surface area (TPSA) is 122 Å². The van der Waals surface area contributed by atoms with Crippen LogP contribution in [0.25, 0.3) is 0 Å². The summed E-state index contributed by atoms with van der Waals surface area (Å²) in [5.41, 5.74) is 0.940. The lowest BCUT2D eigenvalue weighted by atomic mass is 9.95.